The largest absolute Gasteiger partial charge is 0.461 e. The molecule has 0 spiro atoms. The fourth-order valence-electron chi connectivity index (χ4n) is 1.67. The first-order valence-electron chi connectivity index (χ1n) is 6.34. The lowest BCUT2D eigenvalue weighted by Gasteiger charge is -2.09. The molecule has 0 aliphatic heterocycles. The first-order valence-corrected chi connectivity index (χ1v) is 8.04. The van der Waals surface area contributed by atoms with Gasteiger partial charge in [0.25, 0.3) is 0 Å². The quantitative estimate of drug-likeness (QED) is 0.855. The minimum atomic E-state index is -0.368. The Hall–Kier alpha value is -1.47. The normalized spacial score (nSPS) is 12.2. The van der Waals surface area contributed by atoms with E-state index in [0.717, 1.165) is 15.6 Å². The highest BCUT2D eigenvalue weighted by atomic mass is 32.1. The monoisotopic (exact) mass is 311 g/mol. The Bertz CT molecular complexity index is 607. The zero-order chi connectivity index (χ0) is 14.7. The van der Waals surface area contributed by atoms with Gasteiger partial charge < -0.3 is 10.1 Å². The molecule has 108 valence electrons. The number of carbonyl (C=O) groups excluding carboxylic acids is 1. The van der Waals surface area contributed by atoms with Crippen LogP contribution in [-0.2, 0) is 4.74 Å². The number of ether oxygens (including phenoxy) is 1. The van der Waals surface area contributed by atoms with Gasteiger partial charge in [-0.15, -0.1) is 22.7 Å². The summed E-state index contributed by atoms with van der Waals surface area (Å²) >= 11 is 3.07. The van der Waals surface area contributed by atoms with Gasteiger partial charge in [-0.1, -0.05) is 0 Å². The fourth-order valence-corrected chi connectivity index (χ4v) is 3.36. The molecule has 5 nitrogen and oxygen atoms in total. The van der Waals surface area contributed by atoms with Crippen molar-refractivity contribution in [2.45, 2.75) is 33.7 Å². The molecule has 0 radical (unpaired) electrons. The number of anilines is 1. The first kappa shape index (κ1) is 14.9. The molecule has 0 aliphatic rings. The summed E-state index contributed by atoms with van der Waals surface area (Å²) in [7, 11) is 0. The Balaban J connectivity index is 2.10. The fraction of sp³-hybridized carbons (Fsp3) is 0.462. The van der Waals surface area contributed by atoms with Crippen LogP contribution in [0.3, 0.4) is 0 Å². The molecule has 0 amide bonds. The van der Waals surface area contributed by atoms with E-state index in [9.17, 15) is 4.79 Å². The van der Waals surface area contributed by atoms with Gasteiger partial charge >= 0.3 is 5.97 Å². The molecule has 0 saturated heterocycles. The second kappa shape index (κ2) is 6.32. The van der Waals surface area contributed by atoms with Gasteiger partial charge in [-0.2, -0.15) is 0 Å². The topological polar surface area (TPSA) is 64.1 Å². The average molecular weight is 311 g/mol. The first-order chi connectivity index (χ1) is 9.51. The lowest BCUT2D eigenvalue weighted by molar-refractivity contribution is 0.0519. The maximum Gasteiger partial charge on any atom is 0.358 e. The van der Waals surface area contributed by atoms with E-state index >= 15 is 0 Å². The van der Waals surface area contributed by atoms with Crippen molar-refractivity contribution < 1.29 is 9.53 Å². The highest BCUT2D eigenvalue weighted by Gasteiger charge is 2.18. The molecule has 0 aliphatic carbocycles. The van der Waals surface area contributed by atoms with Gasteiger partial charge in [0.2, 0.25) is 0 Å². The summed E-state index contributed by atoms with van der Waals surface area (Å²) in [4.78, 5) is 21.3. The van der Waals surface area contributed by atoms with Crippen LogP contribution in [0.1, 0.15) is 46.0 Å². The van der Waals surface area contributed by atoms with Gasteiger partial charge in [0.1, 0.15) is 5.01 Å². The lowest BCUT2D eigenvalue weighted by atomic mass is 10.3. The summed E-state index contributed by atoms with van der Waals surface area (Å²) in [6.45, 7) is 8.00. The standard InChI is InChI=1S/C13H17N3O2S2/c1-5-18-12(17)10-9(4)20-13(16-10)15-8(3)11-14-7(2)6-19-11/h6,8H,5H2,1-4H3,(H,15,16). The van der Waals surface area contributed by atoms with Gasteiger partial charge in [0, 0.05) is 16.0 Å². The minimum Gasteiger partial charge on any atom is -0.461 e. The Morgan fingerprint density at radius 2 is 2.20 bits per heavy atom. The van der Waals surface area contributed by atoms with Crippen LogP contribution in [0.2, 0.25) is 0 Å². The third-order valence-corrected chi connectivity index (χ3v) is 4.66. The Kier molecular flexibility index (Phi) is 4.72. The lowest BCUT2D eigenvalue weighted by Crippen LogP contribution is -2.08. The molecule has 1 N–H and O–H groups in total. The second-order valence-corrected chi connectivity index (χ2v) is 6.43. The van der Waals surface area contributed by atoms with E-state index in [2.05, 4.69) is 15.3 Å². The molecule has 2 rings (SSSR count). The molecule has 7 heteroatoms. The molecule has 0 saturated carbocycles. The molecule has 1 atom stereocenters. The molecular formula is C13H17N3O2S2. The number of aromatic nitrogens is 2. The summed E-state index contributed by atoms with van der Waals surface area (Å²) in [5, 5.41) is 7.02. The van der Waals surface area contributed by atoms with Gasteiger partial charge in [-0.05, 0) is 27.7 Å². The van der Waals surface area contributed by atoms with Crippen molar-refractivity contribution in [3.05, 3.63) is 26.7 Å². The summed E-state index contributed by atoms with van der Waals surface area (Å²) in [5.74, 6) is -0.368. The maximum atomic E-state index is 11.7. The maximum absolute atomic E-state index is 11.7. The number of hydrogen-bond donors (Lipinski definition) is 1. The molecule has 0 bridgehead atoms. The van der Waals surface area contributed by atoms with Crippen LogP contribution in [0, 0.1) is 13.8 Å². The Morgan fingerprint density at radius 3 is 2.80 bits per heavy atom. The van der Waals surface area contributed by atoms with Crippen LogP contribution in [0.15, 0.2) is 5.38 Å². The number of thiazole rings is 2. The molecule has 2 aromatic rings. The van der Waals surface area contributed by atoms with Crippen molar-refractivity contribution in [3.8, 4) is 0 Å². The SMILES string of the molecule is CCOC(=O)c1nc(NC(C)c2nc(C)cs2)sc1C. The summed E-state index contributed by atoms with van der Waals surface area (Å²) in [6, 6.07) is 0.0642. The summed E-state index contributed by atoms with van der Waals surface area (Å²) < 4.78 is 4.98. The Morgan fingerprint density at radius 1 is 1.45 bits per heavy atom. The molecule has 2 heterocycles. The highest BCUT2D eigenvalue weighted by Crippen LogP contribution is 2.27. The van der Waals surface area contributed by atoms with Crippen LogP contribution in [0.25, 0.3) is 0 Å². The summed E-state index contributed by atoms with van der Waals surface area (Å²) in [5.41, 5.74) is 1.41. The number of nitrogens with zero attached hydrogens (tertiary/aromatic N) is 2. The molecule has 20 heavy (non-hydrogen) atoms. The zero-order valence-corrected chi connectivity index (χ0v) is 13.5. The van der Waals surface area contributed by atoms with Crippen LogP contribution >= 0.6 is 22.7 Å². The van der Waals surface area contributed by atoms with E-state index < -0.39 is 0 Å². The van der Waals surface area contributed by atoms with E-state index in [1.54, 1.807) is 18.3 Å². The smallest absolute Gasteiger partial charge is 0.358 e. The van der Waals surface area contributed by atoms with Crippen LogP contribution in [-0.4, -0.2) is 22.5 Å². The summed E-state index contributed by atoms with van der Waals surface area (Å²) in [6.07, 6.45) is 0. The van der Waals surface area contributed by atoms with Crippen molar-refractivity contribution >= 4 is 33.8 Å². The highest BCUT2D eigenvalue weighted by molar-refractivity contribution is 7.15. The molecule has 2 aromatic heterocycles. The van der Waals surface area contributed by atoms with Crippen molar-refractivity contribution in [1.82, 2.24) is 9.97 Å². The van der Waals surface area contributed by atoms with E-state index in [1.807, 2.05) is 26.2 Å². The van der Waals surface area contributed by atoms with Gasteiger partial charge in [-0.25, -0.2) is 14.8 Å². The number of hydrogen-bond acceptors (Lipinski definition) is 7. The third-order valence-electron chi connectivity index (χ3n) is 2.61. The van der Waals surface area contributed by atoms with E-state index in [4.69, 9.17) is 4.74 Å². The molecular weight excluding hydrogens is 294 g/mol. The molecule has 1 unspecified atom stereocenters. The van der Waals surface area contributed by atoms with Crippen molar-refractivity contribution in [3.63, 3.8) is 0 Å². The van der Waals surface area contributed by atoms with Gasteiger partial charge in [0.05, 0.1) is 12.6 Å². The van der Waals surface area contributed by atoms with Crippen molar-refractivity contribution in [2.75, 3.05) is 11.9 Å². The zero-order valence-electron chi connectivity index (χ0n) is 11.9. The number of aryl methyl sites for hydroxylation is 2. The van der Waals surface area contributed by atoms with Crippen molar-refractivity contribution in [2.24, 2.45) is 0 Å². The van der Waals surface area contributed by atoms with E-state index in [0.29, 0.717) is 17.4 Å². The predicted molar refractivity (Wildman–Crippen MR) is 81.7 cm³/mol. The van der Waals surface area contributed by atoms with E-state index in [1.165, 1.54) is 11.3 Å². The van der Waals surface area contributed by atoms with Crippen LogP contribution in [0.5, 0.6) is 0 Å². The van der Waals surface area contributed by atoms with Crippen LogP contribution in [0.4, 0.5) is 5.13 Å². The molecule has 0 fully saturated rings. The van der Waals surface area contributed by atoms with Gasteiger partial charge in [-0.3, -0.25) is 0 Å². The number of carbonyl (C=O) groups is 1. The number of esters is 1. The minimum absolute atomic E-state index is 0.0642. The van der Waals surface area contributed by atoms with E-state index in [-0.39, 0.29) is 12.0 Å². The van der Waals surface area contributed by atoms with Crippen molar-refractivity contribution in [1.29, 1.82) is 0 Å². The Labute approximate surface area is 126 Å². The average Bonchev–Trinajstić information content (AvgIpc) is 2.96. The molecule has 0 aromatic carbocycles. The number of rotatable bonds is 5. The third kappa shape index (κ3) is 3.34. The van der Waals surface area contributed by atoms with Crippen LogP contribution < -0.4 is 5.32 Å². The second-order valence-electron chi connectivity index (χ2n) is 4.34. The number of nitrogens with one attached hydrogen (secondary N) is 1. The predicted octanol–water partition coefficient (Wildman–Crippen LogP) is 3.57. The van der Waals surface area contributed by atoms with Gasteiger partial charge in [0.15, 0.2) is 10.8 Å².